The number of hydrogen-bond acceptors (Lipinski definition) is 7. The van der Waals surface area contributed by atoms with E-state index in [-0.39, 0.29) is 11.3 Å². The summed E-state index contributed by atoms with van der Waals surface area (Å²) in [6.45, 7) is 0. The van der Waals surface area contributed by atoms with Crippen molar-refractivity contribution in [2.75, 3.05) is 11.1 Å². The molecule has 0 bridgehead atoms. The maximum atomic E-state index is 13.3. The van der Waals surface area contributed by atoms with E-state index in [0.29, 0.717) is 12.3 Å². The lowest BCUT2D eigenvalue weighted by atomic mass is 9.76. The van der Waals surface area contributed by atoms with Gasteiger partial charge in [-0.05, 0) is 60.7 Å². The Morgan fingerprint density at radius 2 is 1.61 bits per heavy atom. The van der Waals surface area contributed by atoms with E-state index in [9.17, 15) is 23.3 Å². The average molecular weight is 507 g/mol. The van der Waals surface area contributed by atoms with E-state index in [2.05, 4.69) is 15.6 Å². The highest BCUT2D eigenvalue weighted by Crippen LogP contribution is 2.33. The molecule has 0 unspecified atom stereocenters. The van der Waals surface area contributed by atoms with Crippen LogP contribution in [0, 0.1) is 11.8 Å². The second-order valence-corrected chi connectivity index (χ2v) is 11.3. The number of amides is 1. The van der Waals surface area contributed by atoms with Gasteiger partial charge < -0.3 is 20.7 Å². The fraction of sp³-hybridized carbons (Fsp3) is 0.308. The van der Waals surface area contributed by atoms with E-state index >= 15 is 0 Å². The summed E-state index contributed by atoms with van der Waals surface area (Å²) in [7, 11) is -5.51. The molecule has 3 aromatic rings. The first-order valence-corrected chi connectivity index (χ1v) is 13.7. The lowest BCUT2D eigenvalue weighted by Gasteiger charge is -2.22. The molecule has 1 aliphatic carbocycles. The van der Waals surface area contributed by atoms with Gasteiger partial charge in [-0.3, -0.25) is 9.78 Å². The standard InChI is InChI=1S/C26H30BN3O5S/c31-26(30-25(27(32)33)17-20-6-7-20)21(16-19-4-2-1-3-5-19)18-36(34,35)24-10-8-22(9-11-24)29-23-12-14-28-15-13-23/h1-5,8-15,20-21,25,32-33H,6-7,16-18H2,(H,28,29)(H,30,31)/t21-,25+/m1/s1. The van der Waals surface area contributed by atoms with E-state index in [4.69, 9.17) is 0 Å². The van der Waals surface area contributed by atoms with Crippen molar-refractivity contribution in [2.24, 2.45) is 11.8 Å². The topological polar surface area (TPSA) is 129 Å². The molecule has 4 N–H and O–H groups in total. The van der Waals surface area contributed by atoms with Crippen LogP contribution in [0.1, 0.15) is 24.8 Å². The number of rotatable bonds is 12. The molecule has 1 aliphatic rings. The van der Waals surface area contributed by atoms with Crippen LogP contribution in [-0.2, 0) is 21.1 Å². The molecule has 1 saturated carbocycles. The van der Waals surface area contributed by atoms with Crippen LogP contribution in [0.2, 0.25) is 0 Å². The molecule has 0 radical (unpaired) electrons. The van der Waals surface area contributed by atoms with Crippen molar-refractivity contribution in [3.05, 3.63) is 84.7 Å². The highest BCUT2D eigenvalue weighted by Gasteiger charge is 2.35. The summed E-state index contributed by atoms with van der Waals surface area (Å²) in [4.78, 5) is 17.3. The second-order valence-electron chi connectivity index (χ2n) is 9.26. The number of carbonyl (C=O) groups is 1. The fourth-order valence-electron chi connectivity index (χ4n) is 4.10. The normalized spacial score (nSPS) is 15.1. The van der Waals surface area contributed by atoms with Gasteiger partial charge in [-0.1, -0.05) is 43.2 Å². The van der Waals surface area contributed by atoms with Crippen LogP contribution in [0.15, 0.2) is 84.0 Å². The second kappa shape index (κ2) is 11.7. The molecule has 8 nitrogen and oxygen atoms in total. The van der Waals surface area contributed by atoms with Crippen molar-refractivity contribution < 1.29 is 23.3 Å². The zero-order valence-corrected chi connectivity index (χ0v) is 20.6. The monoisotopic (exact) mass is 507 g/mol. The van der Waals surface area contributed by atoms with Crippen LogP contribution >= 0.6 is 0 Å². The molecule has 0 spiro atoms. The third kappa shape index (κ3) is 7.40. The number of pyridine rings is 1. The minimum absolute atomic E-state index is 0.116. The van der Waals surface area contributed by atoms with Crippen LogP contribution in [0.4, 0.5) is 11.4 Å². The van der Waals surface area contributed by atoms with Crippen LogP contribution in [0.25, 0.3) is 0 Å². The van der Waals surface area contributed by atoms with Crippen LogP contribution in [-0.4, -0.2) is 48.2 Å². The van der Waals surface area contributed by atoms with Gasteiger partial charge in [0.25, 0.3) is 0 Å². The van der Waals surface area contributed by atoms with Crippen LogP contribution < -0.4 is 10.6 Å². The summed E-state index contributed by atoms with van der Waals surface area (Å²) in [6, 6.07) is 19.2. The molecule has 1 amide bonds. The predicted molar refractivity (Wildman–Crippen MR) is 139 cm³/mol. The smallest absolute Gasteiger partial charge is 0.426 e. The maximum Gasteiger partial charge on any atom is 0.475 e. The quantitative estimate of drug-likeness (QED) is 0.278. The molecule has 188 valence electrons. The molecule has 1 aromatic heterocycles. The third-order valence-corrected chi connectivity index (χ3v) is 8.10. The molecule has 10 heteroatoms. The highest BCUT2D eigenvalue weighted by molar-refractivity contribution is 7.91. The SMILES string of the molecule is O=C(N[C@@H](CC1CC1)B(O)O)[C@H](Cc1ccccc1)CS(=O)(=O)c1ccc(Nc2ccncc2)cc1. The molecule has 2 atom stereocenters. The Kier molecular flexibility index (Phi) is 8.40. The van der Waals surface area contributed by atoms with Gasteiger partial charge >= 0.3 is 7.12 Å². The number of nitrogens with zero attached hydrogens (tertiary/aromatic N) is 1. The van der Waals surface area contributed by atoms with E-state index in [1.807, 2.05) is 30.3 Å². The summed E-state index contributed by atoms with van der Waals surface area (Å²) in [5.41, 5.74) is 2.37. The molecular formula is C26H30BN3O5S. The van der Waals surface area contributed by atoms with Crippen molar-refractivity contribution in [2.45, 2.75) is 36.5 Å². The first-order chi connectivity index (χ1) is 17.3. The zero-order chi connectivity index (χ0) is 25.5. The molecule has 36 heavy (non-hydrogen) atoms. The Hall–Kier alpha value is -3.21. The molecule has 4 rings (SSSR count). The predicted octanol–water partition coefficient (Wildman–Crippen LogP) is 2.75. The number of nitrogens with one attached hydrogen (secondary N) is 2. The number of carbonyl (C=O) groups excluding carboxylic acids is 1. The number of sulfone groups is 1. The Bertz CT molecular complexity index is 1240. The van der Waals surface area contributed by atoms with Crippen molar-refractivity contribution in [1.82, 2.24) is 10.3 Å². The number of hydrogen-bond donors (Lipinski definition) is 4. The van der Waals surface area contributed by atoms with Crippen molar-refractivity contribution >= 4 is 34.2 Å². The lowest BCUT2D eigenvalue weighted by molar-refractivity contribution is -0.124. The molecule has 0 aliphatic heterocycles. The summed E-state index contributed by atoms with van der Waals surface area (Å²) in [5.74, 6) is -2.27. The molecular weight excluding hydrogens is 477 g/mol. The third-order valence-electron chi connectivity index (χ3n) is 6.27. The van der Waals surface area contributed by atoms with E-state index in [1.54, 1.807) is 36.7 Å². The summed E-state index contributed by atoms with van der Waals surface area (Å²) >= 11 is 0. The summed E-state index contributed by atoms with van der Waals surface area (Å²) in [6.07, 6.45) is 5.97. The molecule has 1 fully saturated rings. The van der Waals surface area contributed by atoms with Gasteiger partial charge in [0, 0.05) is 23.8 Å². The molecule has 1 heterocycles. The van der Waals surface area contributed by atoms with Gasteiger partial charge in [0.2, 0.25) is 5.91 Å². The summed E-state index contributed by atoms with van der Waals surface area (Å²) < 4.78 is 26.6. The number of aromatic nitrogens is 1. The van der Waals surface area contributed by atoms with Gasteiger partial charge in [-0.25, -0.2) is 8.42 Å². The first-order valence-electron chi connectivity index (χ1n) is 12.0. The Labute approximate surface area is 211 Å². The zero-order valence-electron chi connectivity index (χ0n) is 19.8. The number of anilines is 2. The van der Waals surface area contributed by atoms with Gasteiger partial charge in [-0.15, -0.1) is 0 Å². The molecule has 0 saturated heterocycles. The Balaban J connectivity index is 1.50. The van der Waals surface area contributed by atoms with Gasteiger partial charge in [0.15, 0.2) is 9.84 Å². The fourth-order valence-corrected chi connectivity index (χ4v) is 5.65. The average Bonchev–Trinajstić information content (AvgIpc) is 3.69. The minimum Gasteiger partial charge on any atom is -0.426 e. The number of benzene rings is 2. The van der Waals surface area contributed by atoms with Crippen molar-refractivity contribution in [1.29, 1.82) is 0 Å². The van der Waals surface area contributed by atoms with E-state index < -0.39 is 40.5 Å². The highest BCUT2D eigenvalue weighted by atomic mass is 32.2. The molecule has 2 aromatic carbocycles. The minimum atomic E-state index is -3.80. The Morgan fingerprint density at radius 1 is 0.972 bits per heavy atom. The van der Waals surface area contributed by atoms with Gasteiger partial charge in [0.05, 0.1) is 22.5 Å². The van der Waals surface area contributed by atoms with Gasteiger partial charge in [0.1, 0.15) is 0 Å². The summed E-state index contributed by atoms with van der Waals surface area (Å²) in [5, 5.41) is 25.4. The lowest BCUT2D eigenvalue weighted by Crippen LogP contribution is -2.50. The maximum absolute atomic E-state index is 13.3. The first kappa shape index (κ1) is 25.9. The van der Waals surface area contributed by atoms with Crippen molar-refractivity contribution in [3.63, 3.8) is 0 Å². The van der Waals surface area contributed by atoms with Crippen LogP contribution in [0.5, 0.6) is 0 Å². The van der Waals surface area contributed by atoms with E-state index in [1.165, 1.54) is 12.1 Å². The van der Waals surface area contributed by atoms with Crippen molar-refractivity contribution in [3.8, 4) is 0 Å². The van der Waals surface area contributed by atoms with Crippen LogP contribution in [0.3, 0.4) is 0 Å². The largest absolute Gasteiger partial charge is 0.475 e. The van der Waals surface area contributed by atoms with E-state index in [0.717, 1.165) is 29.8 Å². The van der Waals surface area contributed by atoms with Gasteiger partial charge in [-0.2, -0.15) is 0 Å². The Morgan fingerprint density at radius 3 is 2.22 bits per heavy atom.